The number of carbonyl (C=O) groups excluding carboxylic acids is 1. The van der Waals surface area contributed by atoms with Crippen molar-refractivity contribution in [2.75, 3.05) is 0 Å². The molecule has 0 spiro atoms. The van der Waals surface area contributed by atoms with Gasteiger partial charge in [-0.1, -0.05) is 36.2 Å². The lowest BCUT2D eigenvalue weighted by Crippen LogP contribution is -2.38. The third kappa shape index (κ3) is 4.50. The van der Waals surface area contributed by atoms with Gasteiger partial charge in [0.2, 0.25) is 5.91 Å². The van der Waals surface area contributed by atoms with Crippen LogP contribution in [0.3, 0.4) is 0 Å². The molecule has 0 heterocycles. The number of nitrogens with two attached hydrogens (primary N) is 1. The van der Waals surface area contributed by atoms with Crippen LogP contribution in [0, 0.1) is 12.8 Å². The average Bonchev–Trinajstić information content (AvgIpc) is 2.39. The summed E-state index contributed by atoms with van der Waals surface area (Å²) in [4.78, 5) is 12.2. The van der Waals surface area contributed by atoms with Gasteiger partial charge in [-0.2, -0.15) is 0 Å². The van der Waals surface area contributed by atoms with Gasteiger partial charge in [-0.25, -0.2) is 0 Å². The van der Waals surface area contributed by atoms with Gasteiger partial charge >= 0.3 is 0 Å². The Morgan fingerprint density at radius 3 is 2.55 bits per heavy atom. The van der Waals surface area contributed by atoms with Crippen molar-refractivity contribution in [1.29, 1.82) is 0 Å². The van der Waals surface area contributed by atoms with Gasteiger partial charge < -0.3 is 11.1 Å². The molecule has 20 heavy (non-hydrogen) atoms. The van der Waals surface area contributed by atoms with Crippen LogP contribution < -0.4 is 11.1 Å². The summed E-state index contributed by atoms with van der Waals surface area (Å²) in [6.45, 7) is 4.10. The summed E-state index contributed by atoms with van der Waals surface area (Å²) < 4.78 is 0. The van der Waals surface area contributed by atoms with Crippen molar-refractivity contribution in [1.82, 2.24) is 5.32 Å². The van der Waals surface area contributed by atoms with E-state index in [1.54, 1.807) is 0 Å². The Kier molecular flexibility index (Phi) is 6.50. The first-order valence-electron chi connectivity index (χ1n) is 7.19. The second-order valence-corrected chi connectivity index (χ2v) is 5.76. The number of hydrogen-bond donors (Lipinski definition) is 2. The Bertz CT molecular complexity index is 433. The van der Waals surface area contributed by atoms with E-state index in [0.717, 1.165) is 31.2 Å². The van der Waals surface area contributed by atoms with Crippen molar-refractivity contribution >= 4 is 18.3 Å². The zero-order chi connectivity index (χ0) is 13.8. The molecule has 112 valence electrons. The Labute approximate surface area is 127 Å². The summed E-state index contributed by atoms with van der Waals surface area (Å²) >= 11 is 0. The molecular weight excluding hydrogens is 272 g/mol. The number of carbonyl (C=O) groups is 1. The highest BCUT2D eigenvalue weighted by molar-refractivity contribution is 5.85. The third-order valence-corrected chi connectivity index (χ3v) is 4.02. The van der Waals surface area contributed by atoms with Crippen LogP contribution in [-0.4, -0.2) is 11.9 Å². The number of benzene rings is 1. The molecule has 1 amide bonds. The van der Waals surface area contributed by atoms with Gasteiger partial charge in [0.05, 0.1) is 6.04 Å². The van der Waals surface area contributed by atoms with Crippen molar-refractivity contribution in [3.63, 3.8) is 0 Å². The van der Waals surface area contributed by atoms with E-state index in [1.807, 2.05) is 6.92 Å². The normalized spacial score (nSPS) is 23.6. The molecular formula is C16H25ClN2O. The van der Waals surface area contributed by atoms with Crippen molar-refractivity contribution in [2.45, 2.75) is 51.6 Å². The second kappa shape index (κ2) is 7.65. The lowest BCUT2D eigenvalue weighted by atomic mass is 9.85. The van der Waals surface area contributed by atoms with E-state index in [2.05, 4.69) is 36.5 Å². The van der Waals surface area contributed by atoms with Gasteiger partial charge in [0.25, 0.3) is 0 Å². The lowest BCUT2D eigenvalue weighted by Gasteiger charge is -2.27. The van der Waals surface area contributed by atoms with E-state index in [-0.39, 0.29) is 36.3 Å². The number of hydrogen-bond acceptors (Lipinski definition) is 2. The number of nitrogens with one attached hydrogen (secondary N) is 1. The average molecular weight is 297 g/mol. The van der Waals surface area contributed by atoms with Crippen LogP contribution in [0.25, 0.3) is 0 Å². The smallest absolute Gasteiger partial charge is 0.223 e. The molecule has 1 aromatic rings. The molecule has 0 bridgehead atoms. The summed E-state index contributed by atoms with van der Waals surface area (Å²) in [6.07, 6.45) is 3.92. The van der Waals surface area contributed by atoms with Crippen molar-refractivity contribution in [3.8, 4) is 0 Å². The standard InChI is InChI=1S/C16H24N2O.ClH/c1-11-6-8-13(9-7-11)12(2)18-16(19)14-4-3-5-15(17)10-14;/h6-9,12,14-15H,3-5,10,17H2,1-2H3,(H,18,19);1H. The Balaban J connectivity index is 0.00000200. The van der Waals surface area contributed by atoms with Crippen LogP contribution in [0.15, 0.2) is 24.3 Å². The molecule has 3 unspecified atom stereocenters. The molecule has 1 saturated carbocycles. The minimum atomic E-state index is 0. The van der Waals surface area contributed by atoms with Crippen LogP contribution in [0.1, 0.15) is 49.8 Å². The Morgan fingerprint density at radius 2 is 1.95 bits per heavy atom. The van der Waals surface area contributed by atoms with Crippen LogP contribution in [-0.2, 0) is 4.79 Å². The zero-order valence-electron chi connectivity index (χ0n) is 12.3. The van der Waals surface area contributed by atoms with Gasteiger partial charge in [-0.15, -0.1) is 12.4 Å². The molecule has 1 aliphatic carbocycles. The maximum atomic E-state index is 12.2. The van der Waals surface area contributed by atoms with Crippen LogP contribution >= 0.6 is 12.4 Å². The zero-order valence-corrected chi connectivity index (χ0v) is 13.1. The van der Waals surface area contributed by atoms with E-state index < -0.39 is 0 Å². The first-order chi connectivity index (χ1) is 9.06. The molecule has 2 rings (SSSR count). The molecule has 1 aromatic carbocycles. The highest BCUT2D eigenvalue weighted by Crippen LogP contribution is 2.24. The van der Waals surface area contributed by atoms with Crippen LogP contribution in [0.4, 0.5) is 0 Å². The van der Waals surface area contributed by atoms with E-state index in [0.29, 0.717) is 0 Å². The number of halogens is 1. The van der Waals surface area contributed by atoms with Gasteiger partial charge in [-0.3, -0.25) is 4.79 Å². The van der Waals surface area contributed by atoms with Crippen molar-refractivity contribution in [2.24, 2.45) is 11.7 Å². The van der Waals surface area contributed by atoms with Crippen LogP contribution in [0.5, 0.6) is 0 Å². The van der Waals surface area contributed by atoms with Gasteiger partial charge in [0.1, 0.15) is 0 Å². The SMILES string of the molecule is Cc1ccc(C(C)NC(=O)C2CCCC(N)C2)cc1.Cl. The van der Waals surface area contributed by atoms with Gasteiger partial charge in [0.15, 0.2) is 0 Å². The molecule has 3 atom stereocenters. The predicted octanol–water partition coefficient (Wildman–Crippen LogP) is 3.11. The minimum absolute atomic E-state index is 0. The molecule has 1 aliphatic rings. The molecule has 0 aromatic heterocycles. The fraction of sp³-hybridized carbons (Fsp3) is 0.562. The maximum absolute atomic E-state index is 12.2. The van der Waals surface area contributed by atoms with E-state index >= 15 is 0 Å². The first kappa shape index (κ1) is 17.0. The molecule has 1 fully saturated rings. The van der Waals surface area contributed by atoms with Gasteiger partial charge in [-0.05, 0) is 38.7 Å². The molecule has 3 nitrogen and oxygen atoms in total. The highest BCUT2D eigenvalue weighted by atomic mass is 35.5. The summed E-state index contributed by atoms with van der Waals surface area (Å²) in [5.41, 5.74) is 8.33. The quantitative estimate of drug-likeness (QED) is 0.900. The summed E-state index contributed by atoms with van der Waals surface area (Å²) in [6, 6.07) is 8.56. The van der Waals surface area contributed by atoms with Crippen LogP contribution in [0.2, 0.25) is 0 Å². The molecule has 0 saturated heterocycles. The third-order valence-electron chi connectivity index (χ3n) is 4.02. The second-order valence-electron chi connectivity index (χ2n) is 5.76. The first-order valence-corrected chi connectivity index (χ1v) is 7.19. The molecule has 3 N–H and O–H groups in total. The minimum Gasteiger partial charge on any atom is -0.349 e. The largest absolute Gasteiger partial charge is 0.349 e. The van der Waals surface area contributed by atoms with E-state index in [4.69, 9.17) is 5.73 Å². The van der Waals surface area contributed by atoms with E-state index in [9.17, 15) is 4.79 Å². The Hall–Kier alpha value is -1.06. The highest BCUT2D eigenvalue weighted by Gasteiger charge is 2.26. The topological polar surface area (TPSA) is 55.1 Å². The van der Waals surface area contributed by atoms with Crippen molar-refractivity contribution < 1.29 is 4.79 Å². The number of aryl methyl sites for hydroxylation is 1. The maximum Gasteiger partial charge on any atom is 0.223 e. The lowest BCUT2D eigenvalue weighted by molar-refractivity contribution is -0.126. The summed E-state index contributed by atoms with van der Waals surface area (Å²) in [5.74, 6) is 0.250. The fourth-order valence-electron chi connectivity index (χ4n) is 2.74. The molecule has 0 radical (unpaired) electrons. The fourth-order valence-corrected chi connectivity index (χ4v) is 2.74. The van der Waals surface area contributed by atoms with E-state index in [1.165, 1.54) is 5.56 Å². The molecule has 0 aliphatic heterocycles. The predicted molar refractivity (Wildman–Crippen MR) is 84.9 cm³/mol. The monoisotopic (exact) mass is 296 g/mol. The summed E-state index contributed by atoms with van der Waals surface area (Å²) in [5, 5.41) is 3.11. The summed E-state index contributed by atoms with van der Waals surface area (Å²) in [7, 11) is 0. The van der Waals surface area contributed by atoms with Gasteiger partial charge in [0, 0.05) is 12.0 Å². The number of amides is 1. The molecule has 4 heteroatoms. The Morgan fingerprint density at radius 1 is 1.30 bits per heavy atom. The van der Waals surface area contributed by atoms with Crippen molar-refractivity contribution in [3.05, 3.63) is 35.4 Å². The number of rotatable bonds is 3.